The Hall–Kier alpha value is -3.27. The molecule has 0 radical (unpaired) electrons. The van der Waals surface area contributed by atoms with Gasteiger partial charge in [0, 0.05) is 17.1 Å². The largest absolute Gasteiger partial charge is 0.376 e. The normalized spacial score (nSPS) is 15.1. The zero-order chi connectivity index (χ0) is 23.1. The molecule has 0 unspecified atom stereocenters. The summed E-state index contributed by atoms with van der Waals surface area (Å²) in [5, 5.41) is 4.48. The lowest BCUT2D eigenvalue weighted by atomic mass is 9.88. The van der Waals surface area contributed by atoms with Crippen molar-refractivity contribution in [1.82, 2.24) is 15.0 Å². The van der Waals surface area contributed by atoms with E-state index in [-0.39, 0.29) is 16.4 Å². The molecule has 0 saturated carbocycles. The molecule has 0 atom stereocenters. The number of hydrogen-bond donors (Lipinski definition) is 2. The van der Waals surface area contributed by atoms with Crippen LogP contribution < -0.4 is 10.0 Å². The van der Waals surface area contributed by atoms with Crippen LogP contribution in [0.5, 0.6) is 0 Å². The van der Waals surface area contributed by atoms with Crippen LogP contribution in [-0.4, -0.2) is 42.8 Å². The number of ether oxygens (including phenoxy) is 1. The Labute approximate surface area is 196 Å². The van der Waals surface area contributed by atoms with E-state index < -0.39 is 10.0 Å². The summed E-state index contributed by atoms with van der Waals surface area (Å²) < 4.78 is 31.3. The molecule has 1 fully saturated rings. The average molecular weight is 482 g/mol. The molecule has 1 saturated heterocycles. The maximum atomic E-state index is 11.7. The lowest BCUT2D eigenvalue weighted by Crippen LogP contribution is -2.53. The van der Waals surface area contributed by atoms with Crippen LogP contribution in [0.15, 0.2) is 67.1 Å². The van der Waals surface area contributed by atoms with Gasteiger partial charge in [0.1, 0.15) is 17.7 Å². The summed E-state index contributed by atoms with van der Waals surface area (Å²) in [7, 11) is -3.50. The van der Waals surface area contributed by atoms with Gasteiger partial charge in [-0.25, -0.2) is 23.4 Å². The van der Waals surface area contributed by atoms with Gasteiger partial charge < -0.3 is 10.1 Å². The molecule has 5 rings (SSSR count). The Kier molecular flexibility index (Phi) is 5.40. The average Bonchev–Trinajstić information content (AvgIpc) is 2.77. The lowest BCUT2D eigenvalue weighted by molar-refractivity contribution is -0.0448. The highest BCUT2D eigenvalue weighted by Crippen LogP contribution is 2.36. The number of pyridine rings is 1. The van der Waals surface area contributed by atoms with Crippen molar-refractivity contribution < 1.29 is 13.2 Å². The predicted octanol–water partition coefficient (Wildman–Crippen LogP) is 4.05. The summed E-state index contributed by atoms with van der Waals surface area (Å²) in [6, 6.07) is 17.5. The van der Waals surface area contributed by atoms with Crippen LogP contribution in [0.4, 0.5) is 11.5 Å². The molecule has 1 aliphatic heterocycles. The van der Waals surface area contributed by atoms with Crippen LogP contribution in [0.3, 0.4) is 0 Å². The molecule has 1 aliphatic rings. The minimum Gasteiger partial charge on any atom is -0.376 e. The number of nitrogens with zero attached hydrogens (tertiary/aromatic N) is 3. The van der Waals surface area contributed by atoms with E-state index >= 15 is 0 Å². The monoisotopic (exact) mass is 481 g/mol. The second kappa shape index (κ2) is 8.26. The molecule has 4 aromatic rings. The summed E-state index contributed by atoms with van der Waals surface area (Å²) in [5.41, 5.74) is 3.27. The molecule has 0 spiro atoms. The van der Waals surface area contributed by atoms with E-state index in [0.29, 0.717) is 24.6 Å². The van der Waals surface area contributed by atoms with Crippen molar-refractivity contribution in [2.45, 2.75) is 5.54 Å². The minimum atomic E-state index is -3.50. The second-order valence-electron chi connectivity index (χ2n) is 7.96. The third-order valence-corrected chi connectivity index (χ3v) is 6.38. The van der Waals surface area contributed by atoms with Crippen molar-refractivity contribution in [3.63, 3.8) is 0 Å². The number of halogens is 1. The first-order chi connectivity index (χ1) is 15.8. The summed E-state index contributed by atoms with van der Waals surface area (Å²) in [5.74, 6) is 0.686. The van der Waals surface area contributed by atoms with Crippen molar-refractivity contribution in [3.05, 3.63) is 77.8 Å². The molecule has 0 bridgehead atoms. The van der Waals surface area contributed by atoms with Gasteiger partial charge in [-0.1, -0.05) is 48.0 Å². The van der Waals surface area contributed by atoms with Gasteiger partial charge in [-0.2, -0.15) is 0 Å². The molecular weight excluding hydrogens is 462 g/mol. The molecule has 2 N–H and O–H groups in total. The fourth-order valence-corrected chi connectivity index (χ4v) is 4.58. The van der Waals surface area contributed by atoms with Gasteiger partial charge in [0.2, 0.25) is 10.0 Å². The highest BCUT2D eigenvalue weighted by Gasteiger charge is 2.41. The maximum absolute atomic E-state index is 11.7. The third kappa shape index (κ3) is 4.35. The van der Waals surface area contributed by atoms with E-state index in [1.807, 2.05) is 36.4 Å². The van der Waals surface area contributed by atoms with Crippen molar-refractivity contribution in [2.24, 2.45) is 0 Å². The first-order valence-corrected chi connectivity index (χ1v) is 12.4. The van der Waals surface area contributed by atoms with Crippen molar-refractivity contribution in [2.75, 3.05) is 29.5 Å². The van der Waals surface area contributed by atoms with Crippen LogP contribution in [0, 0.1) is 0 Å². The minimum absolute atomic E-state index is 0.0745. The Balaban J connectivity index is 1.55. The fourth-order valence-electron chi connectivity index (χ4n) is 3.81. The molecule has 2 aromatic heterocycles. The Morgan fingerprint density at radius 2 is 1.79 bits per heavy atom. The van der Waals surface area contributed by atoms with Gasteiger partial charge in [-0.05, 0) is 29.3 Å². The summed E-state index contributed by atoms with van der Waals surface area (Å²) >= 11 is 6.08. The number of nitrogens with one attached hydrogen (secondary N) is 2. The van der Waals surface area contributed by atoms with E-state index in [1.54, 1.807) is 12.3 Å². The van der Waals surface area contributed by atoms with E-state index in [2.05, 4.69) is 37.1 Å². The summed E-state index contributed by atoms with van der Waals surface area (Å²) in [4.78, 5) is 13.0. The fraction of sp³-hybridized carbons (Fsp3) is 0.174. The summed E-state index contributed by atoms with van der Waals surface area (Å²) in [6.07, 6.45) is 4.19. The van der Waals surface area contributed by atoms with Gasteiger partial charge >= 0.3 is 0 Å². The van der Waals surface area contributed by atoms with E-state index in [9.17, 15) is 8.42 Å². The second-order valence-corrected chi connectivity index (χ2v) is 10.1. The van der Waals surface area contributed by atoms with Gasteiger partial charge in [-0.15, -0.1) is 0 Å². The zero-order valence-electron chi connectivity index (χ0n) is 17.6. The van der Waals surface area contributed by atoms with Crippen molar-refractivity contribution in [1.29, 1.82) is 0 Å². The van der Waals surface area contributed by atoms with Crippen LogP contribution in [0.25, 0.3) is 22.0 Å². The Bertz CT molecular complexity index is 1440. The SMILES string of the molecule is CS(=O)(=O)Nc1cc(-c2ccc3ncnc(NC4(c5ccccc5)COC4)c3c2)cnc1Cl. The Morgan fingerprint density at radius 3 is 2.48 bits per heavy atom. The number of anilines is 2. The number of hydrogen-bond acceptors (Lipinski definition) is 7. The van der Waals surface area contributed by atoms with E-state index in [0.717, 1.165) is 28.3 Å². The van der Waals surface area contributed by atoms with Crippen LogP contribution >= 0.6 is 11.6 Å². The van der Waals surface area contributed by atoms with Crippen molar-refractivity contribution in [3.8, 4) is 11.1 Å². The molecule has 0 amide bonds. The van der Waals surface area contributed by atoms with Gasteiger partial charge in [0.05, 0.1) is 30.7 Å². The van der Waals surface area contributed by atoms with Gasteiger partial charge in [0.25, 0.3) is 0 Å². The van der Waals surface area contributed by atoms with Crippen LogP contribution in [0.1, 0.15) is 5.56 Å². The van der Waals surface area contributed by atoms with Gasteiger partial charge in [0.15, 0.2) is 5.15 Å². The number of benzene rings is 2. The number of sulfonamides is 1. The molecular formula is C23H20ClN5O3S. The number of rotatable bonds is 6. The molecule has 3 heterocycles. The predicted molar refractivity (Wildman–Crippen MR) is 129 cm³/mol. The van der Waals surface area contributed by atoms with E-state index in [1.165, 1.54) is 6.33 Å². The van der Waals surface area contributed by atoms with Crippen LogP contribution in [-0.2, 0) is 20.3 Å². The summed E-state index contributed by atoms with van der Waals surface area (Å²) in [6.45, 7) is 1.06. The standard InChI is InChI=1S/C23H20ClN5O3S/c1-33(30,31)29-20-10-16(11-25-21(20)24)15-7-8-19-18(9-15)22(27-14-26-19)28-23(12-32-13-23)17-5-3-2-4-6-17/h2-11,14,29H,12-13H2,1H3,(H,26,27,28). The van der Waals surface area contributed by atoms with Crippen LogP contribution in [0.2, 0.25) is 5.15 Å². The molecule has 10 heteroatoms. The smallest absolute Gasteiger partial charge is 0.229 e. The van der Waals surface area contributed by atoms with E-state index in [4.69, 9.17) is 16.3 Å². The van der Waals surface area contributed by atoms with Crippen molar-refractivity contribution >= 4 is 44.0 Å². The molecule has 33 heavy (non-hydrogen) atoms. The molecule has 0 aliphatic carbocycles. The molecule has 168 valence electrons. The first-order valence-electron chi connectivity index (χ1n) is 10.1. The highest BCUT2D eigenvalue weighted by molar-refractivity contribution is 7.92. The number of fused-ring (bicyclic) bond motifs is 1. The first kappa shape index (κ1) is 21.6. The number of aromatic nitrogens is 3. The molecule has 8 nitrogen and oxygen atoms in total. The molecule has 2 aromatic carbocycles. The van der Waals surface area contributed by atoms with Gasteiger partial charge in [-0.3, -0.25) is 4.72 Å². The maximum Gasteiger partial charge on any atom is 0.229 e. The third-order valence-electron chi connectivity index (χ3n) is 5.48. The topological polar surface area (TPSA) is 106 Å². The Morgan fingerprint density at radius 1 is 1.00 bits per heavy atom. The zero-order valence-corrected chi connectivity index (χ0v) is 19.2. The lowest BCUT2D eigenvalue weighted by Gasteiger charge is -2.43. The highest BCUT2D eigenvalue weighted by atomic mass is 35.5. The quantitative estimate of drug-likeness (QED) is 0.400.